The number of hydrogen-bond acceptors (Lipinski definition) is 6. The van der Waals surface area contributed by atoms with Crippen LogP contribution in [0.4, 0.5) is 15.9 Å². The van der Waals surface area contributed by atoms with Gasteiger partial charge in [-0.15, -0.1) is 0 Å². The van der Waals surface area contributed by atoms with Crippen molar-refractivity contribution in [3.05, 3.63) is 77.5 Å². The zero-order chi connectivity index (χ0) is 23.2. The number of halogens is 1. The Kier molecular flexibility index (Phi) is 5.00. The molecule has 172 valence electrons. The van der Waals surface area contributed by atoms with Gasteiger partial charge in [0, 0.05) is 30.9 Å². The van der Waals surface area contributed by atoms with Crippen molar-refractivity contribution in [1.82, 2.24) is 24.6 Å². The van der Waals surface area contributed by atoms with E-state index in [0.29, 0.717) is 35.3 Å². The van der Waals surface area contributed by atoms with Crippen LogP contribution in [0, 0.1) is 5.82 Å². The van der Waals surface area contributed by atoms with Crippen LogP contribution in [0.3, 0.4) is 0 Å². The summed E-state index contributed by atoms with van der Waals surface area (Å²) >= 11 is 0. The van der Waals surface area contributed by atoms with Crippen molar-refractivity contribution in [2.45, 2.75) is 19.1 Å². The van der Waals surface area contributed by atoms with E-state index in [-0.39, 0.29) is 11.7 Å². The first-order chi connectivity index (χ1) is 16.6. The summed E-state index contributed by atoms with van der Waals surface area (Å²) in [6, 6.07) is 12.9. The molecule has 0 radical (unpaired) electrons. The van der Waals surface area contributed by atoms with Crippen LogP contribution in [-0.2, 0) is 17.8 Å². The second-order valence-electron chi connectivity index (χ2n) is 8.66. The van der Waals surface area contributed by atoms with Crippen molar-refractivity contribution in [2.24, 2.45) is 0 Å². The van der Waals surface area contributed by atoms with Crippen molar-refractivity contribution in [3.8, 4) is 11.3 Å². The molecule has 0 bridgehead atoms. The maximum Gasteiger partial charge on any atom is 0.254 e. The number of anilines is 2. The summed E-state index contributed by atoms with van der Waals surface area (Å²) in [5.74, 6) is 0.198. The quantitative estimate of drug-likeness (QED) is 0.461. The Hall–Kier alpha value is -3.82. The Morgan fingerprint density at radius 3 is 2.97 bits per heavy atom. The van der Waals surface area contributed by atoms with Crippen molar-refractivity contribution in [1.29, 1.82) is 0 Å². The fourth-order valence-electron chi connectivity index (χ4n) is 4.48. The molecule has 0 spiro atoms. The van der Waals surface area contributed by atoms with Crippen LogP contribution in [0.2, 0.25) is 0 Å². The summed E-state index contributed by atoms with van der Waals surface area (Å²) in [6.45, 7) is 2.64. The van der Waals surface area contributed by atoms with Crippen molar-refractivity contribution < 1.29 is 13.9 Å². The fraction of sp³-hybridized carbons (Fsp3) is 0.240. The lowest BCUT2D eigenvalue weighted by molar-refractivity contribution is -0.0589. The van der Waals surface area contributed by atoms with Gasteiger partial charge in [0.25, 0.3) is 5.91 Å². The molecular formula is C25H23FN6O2. The minimum absolute atomic E-state index is 0.139. The van der Waals surface area contributed by atoms with Crippen LogP contribution in [0.25, 0.3) is 16.9 Å². The number of carbonyl (C=O) groups excluding carboxylic acids is 1. The lowest BCUT2D eigenvalue weighted by Crippen LogP contribution is -2.46. The number of imidazole rings is 1. The summed E-state index contributed by atoms with van der Waals surface area (Å²) in [5.41, 5.74) is 5.30. The highest BCUT2D eigenvalue weighted by Crippen LogP contribution is 2.35. The van der Waals surface area contributed by atoms with Gasteiger partial charge < -0.3 is 15.4 Å². The summed E-state index contributed by atoms with van der Waals surface area (Å²) in [6.07, 6.45) is 3.35. The molecule has 34 heavy (non-hydrogen) atoms. The minimum Gasteiger partial charge on any atom is -0.378 e. The molecule has 9 heteroatoms. The predicted molar refractivity (Wildman–Crippen MR) is 125 cm³/mol. The predicted octanol–water partition coefficient (Wildman–Crippen LogP) is 3.35. The third kappa shape index (κ3) is 3.59. The van der Waals surface area contributed by atoms with E-state index >= 15 is 0 Å². The Morgan fingerprint density at radius 1 is 1.26 bits per heavy atom. The van der Waals surface area contributed by atoms with Gasteiger partial charge in [0.2, 0.25) is 0 Å². The number of pyridine rings is 2. The molecule has 0 aliphatic carbocycles. The van der Waals surface area contributed by atoms with Crippen LogP contribution in [0.1, 0.15) is 21.6 Å². The Bertz CT molecular complexity index is 1410. The number of likely N-dealkylation sites (N-methyl/N-ethyl adjacent to an activating group) is 1. The number of aromatic nitrogens is 3. The molecule has 0 atom stereocenters. The average molecular weight is 458 g/mol. The molecule has 2 aliphatic rings. The molecule has 1 saturated heterocycles. The van der Waals surface area contributed by atoms with Gasteiger partial charge >= 0.3 is 0 Å². The van der Waals surface area contributed by atoms with Gasteiger partial charge in [0.05, 0.1) is 48.1 Å². The number of nitrogens with zero attached hydrogens (tertiary/aromatic N) is 4. The van der Waals surface area contributed by atoms with Crippen molar-refractivity contribution in [3.63, 3.8) is 0 Å². The van der Waals surface area contributed by atoms with E-state index < -0.39 is 0 Å². The number of rotatable bonds is 6. The van der Waals surface area contributed by atoms with Gasteiger partial charge in [-0.3, -0.25) is 14.1 Å². The molecule has 6 rings (SSSR count). The first-order valence-electron chi connectivity index (χ1n) is 11.1. The first-order valence-corrected chi connectivity index (χ1v) is 11.1. The highest BCUT2D eigenvalue weighted by atomic mass is 19.1. The number of amides is 1. The standard InChI is InChI=1S/C25H23FN6O2/c1-31(17-13-34-14-17)12-16-3-2-4-22(29-16)30-20-6-5-18(19-10-28-25(33)24(19)20)21-11-27-23-9-15(26)7-8-32(21)23/h2-9,11,17H,10,12-14H2,1H3,(H,28,33)(H,29,30). The van der Waals surface area contributed by atoms with E-state index in [0.717, 1.165) is 42.3 Å². The van der Waals surface area contributed by atoms with Crippen LogP contribution in [0.15, 0.2) is 54.9 Å². The fourth-order valence-corrected chi connectivity index (χ4v) is 4.48. The zero-order valence-electron chi connectivity index (χ0n) is 18.6. The first kappa shape index (κ1) is 20.8. The molecule has 8 nitrogen and oxygen atoms in total. The van der Waals surface area contributed by atoms with Gasteiger partial charge in [0.1, 0.15) is 17.3 Å². The lowest BCUT2D eigenvalue weighted by Gasteiger charge is -2.34. The van der Waals surface area contributed by atoms with Crippen molar-refractivity contribution in [2.75, 3.05) is 25.6 Å². The number of carbonyl (C=O) groups is 1. The number of fused-ring (bicyclic) bond motifs is 2. The summed E-state index contributed by atoms with van der Waals surface area (Å²) in [4.78, 5) is 24.1. The molecule has 3 aromatic heterocycles. The Balaban J connectivity index is 1.32. The van der Waals surface area contributed by atoms with E-state index in [1.165, 1.54) is 12.1 Å². The molecule has 2 N–H and O–H groups in total. The minimum atomic E-state index is -0.340. The number of ether oxygens (including phenoxy) is 1. The molecule has 0 saturated carbocycles. The van der Waals surface area contributed by atoms with E-state index in [1.54, 1.807) is 12.4 Å². The zero-order valence-corrected chi connectivity index (χ0v) is 18.6. The summed E-state index contributed by atoms with van der Waals surface area (Å²) in [7, 11) is 2.07. The van der Waals surface area contributed by atoms with E-state index in [4.69, 9.17) is 9.72 Å². The second kappa shape index (κ2) is 8.19. The Morgan fingerprint density at radius 2 is 2.15 bits per heavy atom. The average Bonchev–Trinajstić information content (AvgIpc) is 3.37. The second-order valence-corrected chi connectivity index (χ2v) is 8.66. The largest absolute Gasteiger partial charge is 0.378 e. The van der Waals surface area contributed by atoms with Gasteiger partial charge in [0.15, 0.2) is 0 Å². The highest BCUT2D eigenvalue weighted by Gasteiger charge is 2.27. The number of benzene rings is 1. The third-order valence-corrected chi connectivity index (χ3v) is 6.44. The maximum atomic E-state index is 13.6. The van der Waals surface area contributed by atoms with E-state index in [2.05, 4.69) is 27.6 Å². The number of hydrogen-bond donors (Lipinski definition) is 2. The summed E-state index contributed by atoms with van der Waals surface area (Å²) in [5, 5.41) is 6.26. The maximum absolute atomic E-state index is 13.6. The van der Waals surface area contributed by atoms with Gasteiger partial charge in [-0.25, -0.2) is 14.4 Å². The molecule has 1 aromatic carbocycles. The third-order valence-electron chi connectivity index (χ3n) is 6.44. The molecule has 1 fully saturated rings. The normalized spacial score (nSPS) is 15.4. The molecule has 2 aliphatic heterocycles. The van der Waals surface area contributed by atoms with Gasteiger partial charge in [-0.1, -0.05) is 12.1 Å². The SMILES string of the molecule is CN(Cc1cccc(Nc2ccc(-c3cnc4cc(F)ccn34)c3c2C(=O)NC3)n1)C1COC1. The molecule has 1 amide bonds. The van der Waals surface area contributed by atoms with Crippen LogP contribution in [0.5, 0.6) is 0 Å². The summed E-state index contributed by atoms with van der Waals surface area (Å²) < 4.78 is 20.7. The lowest BCUT2D eigenvalue weighted by atomic mass is 9.99. The van der Waals surface area contributed by atoms with Crippen LogP contribution in [-0.4, -0.2) is 51.5 Å². The van der Waals surface area contributed by atoms with Gasteiger partial charge in [-0.2, -0.15) is 0 Å². The van der Waals surface area contributed by atoms with Crippen LogP contribution >= 0.6 is 0 Å². The topological polar surface area (TPSA) is 83.8 Å². The molecular weight excluding hydrogens is 435 g/mol. The van der Waals surface area contributed by atoms with E-state index in [1.807, 2.05) is 34.7 Å². The van der Waals surface area contributed by atoms with Gasteiger partial charge in [-0.05, 0) is 36.9 Å². The molecule has 4 aromatic rings. The van der Waals surface area contributed by atoms with E-state index in [9.17, 15) is 9.18 Å². The molecule has 5 heterocycles. The molecule has 0 unspecified atom stereocenters. The highest BCUT2D eigenvalue weighted by molar-refractivity contribution is 6.06. The smallest absolute Gasteiger partial charge is 0.254 e. The van der Waals surface area contributed by atoms with Crippen molar-refractivity contribution >= 4 is 23.1 Å². The monoisotopic (exact) mass is 458 g/mol. The van der Waals surface area contributed by atoms with Crippen LogP contribution < -0.4 is 10.6 Å². The number of nitrogens with one attached hydrogen (secondary N) is 2. The Labute approximate surface area is 195 Å².